The molecular weight excluding hydrogens is 420 g/mol. The Morgan fingerprint density at radius 1 is 1.45 bits per heavy atom. The first-order valence-corrected chi connectivity index (χ1v) is 7.40. The second-order valence-corrected chi connectivity index (χ2v) is 5.76. The van der Waals surface area contributed by atoms with E-state index in [-0.39, 0.29) is 17.8 Å². The van der Waals surface area contributed by atoms with Gasteiger partial charge in [-0.2, -0.15) is 10.5 Å². The molecule has 0 radical (unpaired) electrons. The van der Waals surface area contributed by atoms with Crippen molar-refractivity contribution in [3.63, 3.8) is 0 Å². The topological polar surface area (TPSA) is 128 Å². The lowest BCUT2D eigenvalue weighted by Crippen LogP contribution is -2.01. The monoisotopic (exact) mass is 426 g/mol. The smallest absolute Gasteiger partial charge is 0.307 e. The fraction of sp³-hybridized carbons (Fsp3) is 0.0833. The Hall–Kier alpha value is -2.25. The van der Waals surface area contributed by atoms with E-state index in [9.17, 15) is 4.79 Å². The van der Waals surface area contributed by atoms with E-state index < -0.39 is 5.97 Å². The number of anilines is 1. The molecule has 2 aromatic rings. The van der Waals surface area contributed by atoms with Crippen LogP contribution in [0.4, 0.5) is 5.69 Å². The van der Waals surface area contributed by atoms with E-state index in [2.05, 4.69) is 57.8 Å². The number of nitrogens with zero attached hydrogens (tertiary/aromatic N) is 4. The van der Waals surface area contributed by atoms with Crippen molar-refractivity contribution in [2.45, 2.75) is 6.42 Å². The molecule has 0 atom stereocenters. The number of tetrazole rings is 1. The van der Waals surface area contributed by atoms with Crippen LogP contribution in [0.5, 0.6) is 0 Å². The molecule has 3 N–H and O–H groups in total. The normalized spacial score (nSPS) is 11.0. The number of H-pyrrole nitrogens is 1. The molecule has 0 aliphatic heterocycles. The van der Waals surface area contributed by atoms with Gasteiger partial charge in [-0.05, 0) is 54.8 Å². The van der Waals surface area contributed by atoms with Crippen LogP contribution in [0.3, 0.4) is 0 Å². The fourth-order valence-corrected chi connectivity index (χ4v) is 3.12. The number of aliphatic carboxylic acids is 1. The highest BCUT2D eigenvalue weighted by molar-refractivity contribution is 9.11. The Morgan fingerprint density at radius 2 is 2.14 bits per heavy atom. The van der Waals surface area contributed by atoms with Crippen molar-refractivity contribution < 1.29 is 9.90 Å². The summed E-state index contributed by atoms with van der Waals surface area (Å²) >= 11 is 6.72. The van der Waals surface area contributed by atoms with Gasteiger partial charge in [-0.25, -0.2) is 0 Å². The molecule has 0 aliphatic carbocycles. The van der Waals surface area contributed by atoms with Crippen LogP contribution in [-0.4, -0.2) is 31.7 Å². The maximum absolute atomic E-state index is 10.7. The lowest BCUT2D eigenvalue weighted by Gasteiger charge is -2.09. The van der Waals surface area contributed by atoms with Gasteiger partial charge in [0.15, 0.2) is 0 Å². The number of halogens is 2. The van der Waals surface area contributed by atoms with Crippen molar-refractivity contribution in [3.8, 4) is 6.07 Å². The second kappa shape index (κ2) is 7.15. The lowest BCUT2D eigenvalue weighted by atomic mass is 10.1. The van der Waals surface area contributed by atoms with Gasteiger partial charge in [0.2, 0.25) is 5.82 Å². The van der Waals surface area contributed by atoms with Gasteiger partial charge < -0.3 is 10.4 Å². The first-order chi connectivity index (χ1) is 10.5. The van der Waals surface area contributed by atoms with Crippen LogP contribution in [0, 0.1) is 11.3 Å². The number of carboxylic acids is 1. The lowest BCUT2D eigenvalue weighted by molar-refractivity contribution is -0.136. The van der Waals surface area contributed by atoms with Crippen LogP contribution in [-0.2, 0) is 11.2 Å². The minimum absolute atomic E-state index is 0.0837. The van der Waals surface area contributed by atoms with Gasteiger partial charge in [-0.3, -0.25) is 4.79 Å². The molecule has 0 fully saturated rings. The van der Waals surface area contributed by atoms with E-state index >= 15 is 0 Å². The molecule has 0 unspecified atom stereocenters. The summed E-state index contributed by atoms with van der Waals surface area (Å²) in [6.07, 6.45) is 1.35. The summed E-state index contributed by atoms with van der Waals surface area (Å²) in [5.74, 6) is -0.743. The molecule has 0 saturated carbocycles. The number of nitriles is 1. The van der Waals surface area contributed by atoms with Gasteiger partial charge >= 0.3 is 5.97 Å². The number of benzene rings is 1. The van der Waals surface area contributed by atoms with Crippen LogP contribution in [0.1, 0.15) is 11.4 Å². The molecule has 1 aromatic carbocycles. The highest BCUT2D eigenvalue weighted by Gasteiger charge is 2.11. The fourth-order valence-electron chi connectivity index (χ4n) is 1.61. The van der Waals surface area contributed by atoms with Crippen LogP contribution >= 0.6 is 31.9 Å². The van der Waals surface area contributed by atoms with Gasteiger partial charge in [-0.1, -0.05) is 0 Å². The van der Waals surface area contributed by atoms with Crippen LogP contribution < -0.4 is 5.32 Å². The Labute approximate surface area is 141 Å². The predicted molar refractivity (Wildman–Crippen MR) is 84.6 cm³/mol. The van der Waals surface area contributed by atoms with E-state index in [1.807, 2.05) is 6.07 Å². The number of carboxylic acid groups (broad SMARTS) is 1. The van der Waals surface area contributed by atoms with Gasteiger partial charge in [-0.15, -0.1) is 10.2 Å². The van der Waals surface area contributed by atoms with E-state index in [0.29, 0.717) is 20.2 Å². The number of hydrogen-bond acceptors (Lipinski definition) is 6. The number of carbonyl (C=O) groups is 1. The summed E-state index contributed by atoms with van der Waals surface area (Å²) in [4.78, 5) is 10.7. The zero-order chi connectivity index (χ0) is 16.1. The number of aromatic nitrogens is 4. The third-order valence-corrected chi connectivity index (χ3v) is 3.78. The van der Waals surface area contributed by atoms with Crippen molar-refractivity contribution in [2.24, 2.45) is 0 Å². The van der Waals surface area contributed by atoms with E-state index in [1.54, 1.807) is 12.1 Å². The van der Waals surface area contributed by atoms with E-state index in [0.717, 1.165) is 0 Å². The van der Waals surface area contributed by atoms with Crippen LogP contribution in [0.25, 0.3) is 5.57 Å². The van der Waals surface area contributed by atoms with E-state index in [1.165, 1.54) is 6.20 Å². The molecular formula is C12H8Br2N6O2. The van der Waals surface area contributed by atoms with Gasteiger partial charge in [0.1, 0.15) is 11.6 Å². The second-order valence-electron chi connectivity index (χ2n) is 4.05. The average Bonchev–Trinajstić information content (AvgIpc) is 2.95. The van der Waals surface area contributed by atoms with Crippen molar-refractivity contribution in [1.29, 1.82) is 5.26 Å². The molecule has 1 heterocycles. The Kier molecular flexibility index (Phi) is 5.24. The molecule has 0 saturated heterocycles. The molecule has 2 rings (SSSR count). The summed E-state index contributed by atoms with van der Waals surface area (Å²) in [7, 11) is 0. The molecule has 112 valence electrons. The summed E-state index contributed by atoms with van der Waals surface area (Å²) in [6, 6.07) is 5.34. The molecule has 10 heteroatoms. The molecule has 0 bridgehead atoms. The zero-order valence-electron chi connectivity index (χ0n) is 10.8. The first kappa shape index (κ1) is 16.1. The van der Waals surface area contributed by atoms with Crippen LogP contribution in [0.2, 0.25) is 0 Å². The molecule has 22 heavy (non-hydrogen) atoms. The standard InChI is InChI=1S/C12H8Br2N6O2/c13-8-1-6(3-10(21)22)2-9(14)11(8)16-5-7(4-15)12-17-19-20-18-12/h1-2,5,16H,3H2,(H,21,22)(H,17,18,19,20). The largest absolute Gasteiger partial charge is 0.481 e. The van der Waals surface area contributed by atoms with E-state index in [4.69, 9.17) is 10.4 Å². The predicted octanol–water partition coefficient (Wildman–Crippen LogP) is 2.33. The number of allylic oxidation sites excluding steroid dienone is 1. The van der Waals surface area contributed by atoms with Crippen molar-refractivity contribution >= 4 is 49.1 Å². The third kappa shape index (κ3) is 3.90. The van der Waals surface area contributed by atoms with Crippen molar-refractivity contribution in [3.05, 3.63) is 38.7 Å². The van der Waals surface area contributed by atoms with Crippen molar-refractivity contribution in [2.75, 3.05) is 5.32 Å². The number of rotatable bonds is 5. The molecule has 8 nitrogen and oxygen atoms in total. The zero-order valence-corrected chi connectivity index (χ0v) is 14.0. The minimum atomic E-state index is -0.914. The highest BCUT2D eigenvalue weighted by atomic mass is 79.9. The highest BCUT2D eigenvalue weighted by Crippen LogP contribution is 2.33. The summed E-state index contributed by atoms with van der Waals surface area (Å²) in [6.45, 7) is 0. The maximum Gasteiger partial charge on any atom is 0.307 e. The molecule has 1 aromatic heterocycles. The number of hydrogen-bond donors (Lipinski definition) is 3. The summed E-state index contributed by atoms with van der Waals surface area (Å²) < 4.78 is 1.31. The SMILES string of the molecule is N#CC(=CNc1c(Br)cc(CC(=O)O)cc1Br)c1nn[nH]n1. The molecule has 0 spiro atoms. The minimum Gasteiger partial charge on any atom is -0.481 e. The maximum atomic E-state index is 10.7. The Bertz CT molecular complexity index is 743. The Morgan fingerprint density at radius 3 is 2.64 bits per heavy atom. The van der Waals surface area contributed by atoms with Crippen LogP contribution in [0.15, 0.2) is 27.3 Å². The molecule has 0 aliphatic rings. The van der Waals surface area contributed by atoms with Crippen molar-refractivity contribution in [1.82, 2.24) is 20.6 Å². The van der Waals surface area contributed by atoms with Gasteiger partial charge in [0.05, 0.1) is 12.1 Å². The Balaban J connectivity index is 2.27. The first-order valence-electron chi connectivity index (χ1n) is 5.81. The average molecular weight is 428 g/mol. The summed E-state index contributed by atoms with van der Waals surface area (Å²) in [5.41, 5.74) is 1.48. The number of aromatic amines is 1. The van der Waals surface area contributed by atoms with Gasteiger partial charge in [0, 0.05) is 15.1 Å². The number of nitrogens with one attached hydrogen (secondary N) is 2. The molecule has 0 amide bonds. The quantitative estimate of drug-likeness (QED) is 0.624. The summed E-state index contributed by atoms with van der Waals surface area (Å²) in [5, 5.41) is 34.0. The third-order valence-electron chi connectivity index (χ3n) is 2.52. The van der Waals surface area contributed by atoms with Gasteiger partial charge in [0.25, 0.3) is 0 Å².